The van der Waals surface area contributed by atoms with Crippen molar-refractivity contribution in [3.63, 3.8) is 0 Å². The Bertz CT molecular complexity index is 660. The Kier molecular flexibility index (Phi) is 6.83. The molecule has 1 saturated carbocycles. The quantitative estimate of drug-likeness (QED) is 0.855. The van der Waals surface area contributed by atoms with Gasteiger partial charge in [0.05, 0.1) is 0 Å². The molecule has 2 atom stereocenters. The Hall–Kier alpha value is -1.84. The predicted molar refractivity (Wildman–Crippen MR) is 102 cm³/mol. The lowest BCUT2D eigenvalue weighted by molar-refractivity contribution is -0.117. The summed E-state index contributed by atoms with van der Waals surface area (Å²) in [7, 11) is 0. The zero-order valence-corrected chi connectivity index (χ0v) is 14.6. The molecule has 4 heteroatoms. The fraction of sp³-hybridized carbons (Fsp3) is 0.350. The van der Waals surface area contributed by atoms with Crippen LogP contribution in [0.4, 0.5) is 5.69 Å². The van der Waals surface area contributed by atoms with Crippen LogP contribution in [0.1, 0.15) is 36.8 Å². The molecule has 24 heavy (non-hydrogen) atoms. The molecule has 1 aliphatic rings. The van der Waals surface area contributed by atoms with Gasteiger partial charge in [0.15, 0.2) is 0 Å². The number of amides is 1. The number of para-hydroxylation sites is 1. The molecule has 3 N–H and O–H groups in total. The highest BCUT2D eigenvalue weighted by atomic mass is 35.5. The van der Waals surface area contributed by atoms with Gasteiger partial charge in [-0.1, -0.05) is 55.0 Å². The topological polar surface area (TPSA) is 55.1 Å². The standard InChI is InChI=1S/C20H24N2O.ClH/c21-18-11-6-10-16(18)14-20(23)22-19-12-5-4-9-17(19)13-15-7-2-1-3-8-15;/h1-5,7-9,12,16,18H,6,10-11,13-14,21H2,(H,22,23);1H/t16-,18+;/m0./s1. The van der Waals surface area contributed by atoms with E-state index in [1.165, 1.54) is 5.56 Å². The maximum Gasteiger partial charge on any atom is 0.224 e. The van der Waals surface area contributed by atoms with Crippen LogP contribution >= 0.6 is 12.4 Å². The van der Waals surface area contributed by atoms with Crippen LogP contribution < -0.4 is 11.1 Å². The Morgan fingerprint density at radius 1 is 1.04 bits per heavy atom. The Labute approximate surface area is 150 Å². The number of anilines is 1. The summed E-state index contributed by atoms with van der Waals surface area (Å²) in [5.41, 5.74) is 9.37. The van der Waals surface area contributed by atoms with Crippen LogP contribution in [0, 0.1) is 5.92 Å². The third-order valence-corrected chi connectivity index (χ3v) is 4.69. The second-order valence-corrected chi connectivity index (χ2v) is 6.43. The van der Waals surface area contributed by atoms with Crippen LogP contribution in [0.5, 0.6) is 0 Å². The van der Waals surface area contributed by atoms with Crippen molar-refractivity contribution in [1.82, 2.24) is 0 Å². The van der Waals surface area contributed by atoms with E-state index >= 15 is 0 Å². The molecule has 3 rings (SSSR count). The first-order valence-electron chi connectivity index (χ1n) is 8.39. The maximum absolute atomic E-state index is 12.4. The van der Waals surface area contributed by atoms with Gasteiger partial charge in [0.25, 0.3) is 0 Å². The molecule has 0 spiro atoms. The minimum Gasteiger partial charge on any atom is -0.327 e. The number of nitrogens with two attached hydrogens (primary N) is 1. The monoisotopic (exact) mass is 344 g/mol. The molecule has 0 aliphatic heterocycles. The minimum absolute atomic E-state index is 0. The molecule has 0 radical (unpaired) electrons. The lowest BCUT2D eigenvalue weighted by Gasteiger charge is -2.16. The van der Waals surface area contributed by atoms with E-state index in [4.69, 9.17) is 5.73 Å². The molecule has 0 unspecified atom stereocenters. The number of carbonyl (C=O) groups excluding carboxylic acids is 1. The van der Waals surface area contributed by atoms with Crippen molar-refractivity contribution in [1.29, 1.82) is 0 Å². The molecule has 3 nitrogen and oxygen atoms in total. The van der Waals surface area contributed by atoms with Crippen molar-refractivity contribution in [3.05, 3.63) is 65.7 Å². The predicted octanol–water partition coefficient (Wildman–Crippen LogP) is 4.16. The third-order valence-electron chi connectivity index (χ3n) is 4.69. The number of hydrogen-bond acceptors (Lipinski definition) is 2. The summed E-state index contributed by atoms with van der Waals surface area (Å²) in [4.78, 5) is 12.4. The fourth-order valence-electron chi connectivity index (χ4n) is 3.37. The lowest BCUT2D eigenvalue weighted by atomic mass is 9.99. The molecule has 0 heterocycles. The number of nitrogens with one attached hydrogen (secondary N) is 1. The third kappa shape index (κ3) is 4.83. The number of benzene rings is 2. The summed E-state index contributed by atoms with van der Waals surface area (Å²) in [5, 5.41) is 3.08. The zero-order valence-electron chi connectivity index (χ0n) is 13.8. The minimum atomic E-state index is 0. The summed E-state index contributed by atoms with van der Waals surface area (Å²) in [5.74, 6) is 0.407. The summed E-state index contributed by atoms with van der Waals surface area (Å²) < 4.78 is 0. The molecule has 128 valence electrons. The fourth-order valence-corrected chi connectivity index (χ4v) is 3.37. The molecule has 0 aromatic heterocycles. The first-order chi connectivity index (χ1) is 11.2. The zero-order chi connectivity index (χ0) is 16.1. The van der Waals surface area contributed by atoms with Crippen LogP contribution in [-0.2, 0) is 11.2 Å². The summed E-state index contributed by atoms with van der Waals surface area (Å²) in [6.07, 6.45) is 4.60. The van der Waals surface area contributed by atoms with Crippen LogP contribution in [0.2, 0.25) is 0 Å². The van der Waals surface area contributed by atoms with E-state index in [1.54, 1.807) is 0 Å². The molecule has 2 aromatic carbocycles. The van der Waals surface area contributed by atoms with Crippen LogP contribution in [0.15, 0.2) is 54.6 Å². The normalized spacial score (nSPS) is 19.5. The molecule has 2 aromatic rings. The van der Waals surface area contributed by atoms with Gasteiger partial charge in [-0.25, -0.2) is 0 Å². The van der Waals surface area contributed by atoms with Crippen molar-refractivity contribution in [2.45, 2.75) is 38.1 Å². The van der Waals surface area contributed by atoms with E-state index < -0.39 is 0 Å². The second kappa shape index (κ2) is 8.86. The highest BCUT2D eigenvalue weighted by Crippen LogP contribution is 2.27. The van der Waals surface area contributed by atoms with Gasteiger partial charge < -0.3 is 11.1 Å². The van der Waals surface area contributed by atoms with E-state index in [2.05, 4.69) is 23.5 Å². The van der Waals surface area contributed by atoms with Gasteiger partial charge in [-0.15, -0.1) is 12.4 Å². The summed E-state index contributed by atoms with van der Waals surface area (Å²) in [6, 6.07) is 18.5. The maximum atomic E-state index is 12.4. The van der Waals surface area contributed by atoms with E-state index in [0.717, 1.165) is 36.9 Å². The molecular formula is C20H25ClN2O. The van der Waals surface area contributed by atoms with E-state index in [-0.39, 0.29) is 24.4 Å². The van der Waals surface area contributed by atoms with Crippen molar-refractivity contribution in [2.24, 2.45) is 11.7 Å². The largest absolute Gasteiger partial charge is 0.327 e. The molecule has 0 bridgehead atoms. The first kappa shape index (κ1) is 18.5. The van der Waals surface area contributed by atoms with Crippen molar-refractivity contribution in [3.8, 4) is 0 Å². The van der Waals surface area contributed by atoms with Crippen LogP contribution in [-0.4, -0.2) is 11.9 Å². The first-order valence-corrected chi connectivity index (χ1v) is 8.39. The van der Waals surface area contributed by atoms with Gasteiger partial charge in [-0.2, -0.15) is 0 Å². The Morgan fingerprint density at radius 2 is 1.75 bits per heavy atom. The second-order valence-electron chi connectivity index (χ2n) is 6.43. The van der Waals surface area contributed by atoms with Crippen molar-refractivity contribution in [2.75, 3.05) is 5.32 Å². The summed E-state index contributed by atoms with van der Waals surface area (Å²) >= 11 is 0. The number of rotatable bonds is 5. The molecule has 1 amide bonds. The van der Waals surface area contributed by atoms with E-state index in [1.807, 2.05) is 36.4 Å². The molecule has 1 fully saturated rings. The number of carbonyl (C=O) groups is 1. The van der Waals surface area contributed by atoms with Crippen molar-refractivity contribution < 1.29 is 4.79 Å². The average Bonchev–Trinajstić information content (AvgIpc) is 2.95. The highest BCUT2D eigenvalue weighted by Gasteiger charge is 2.26. The lowest BCUT2D eigenvalue weighted by Crippen LogP contribution is -2.28. The molecular weight excluding hydrogens is 320 g/mol. The average molecular weight is 345 g/mol. The van der Waals surface area contributed by atoms with Gasteiger partial charge >= 0.3 is 0 Å². The SMILES string of the molecule is Cl.N[C@@H]1CCC[C@H]1CC(=O)Nc1ccccc1Cc1ccccc1. The van der Waals surface area contributed by atoms with Crippen LogP contribution in [0.25, 0.3) is 0 Å². The summed E-state index contributed by atoms with van der Waals surface area (Å²) in [6.45, 7) is 0. The van der Waals surface area contributed by atoms with Gasteiger partial charge in [0.1, 0.15) is 0 Å². The highest BCUT2D eigenvalue weighted by molar-refractivity contribution is 5.91. The van der Waals surface area contributed by atoms with Crippen molar-refractivity contribution >= 4 is 24.0 Å². The van der Waals surface area contributed by atoms with E-state index in [0.29, 0.717) is 12.3 Å². The van der Waals surface area contributed by atoms with Gasteiger partial charge in [0, 0.05) is 18.2 Å². The van der Waals surface area contributed by atoms with Crippen LogP contribution in [0.3, 0.4) is 0 Å². The number of halogens is 1. The smallest absolute Gasteiger partial charge is 0.224 e. The Morgan fingerprint density at radius 3 is 2.46 bits per heavy atom. The van der Waals surface area contributed by atoms with Gasteiger partial charge in [-0.05, 0) is 42.4 Å². The van der Waals surface area contributed by atoms with E-state index in [9.17, 15) is 4.79 Å². The molecule has 0 saturated heterocycles. The molecule has 1 aliphatic carbocycles. The van der Waals surface area contributed by atoms with Gasteiger partial charge in [0.2, 0.25) is 5.91 Å². The number of hydrogen-bond donors (Lipinski definition) is 2. The Balaban J connectivity index is 0.00000208. The van der Waals surface area contributed by atoms with Gasteiger partial charge in [-0.3, -0.25) is 4.79 Å².